The predicted octanol–water partition coefficient (Wildman–Crippen LogP) is 4.02. The lowest BCUT2D eigenvalue weighted by molar-refractivity contribution is 0.0845. The molecule has 1 aliphatic carbocycles. The van der Waals surface area contributed by atoms with Gasteiger partial charge in [0.05, 0.1) is 0 Å². The third kappa shape index (κ3) is 3.31. The van der Waals surface area contributed by atoms with E-state index in [0.717, 1.165) is 37.4 Å². The lowest BCUT2D eigenvalue weighted by atomic mass is 9.77. The van der Waals surface area contributed by atoms with E-state index in [9.17, 15) is 0 Å². The first-order valence-electron chi connectivity index (χ1n) is 8.16. The molecule has 0 spiro atoms. The van der Waals surface area contributed by atoms with E-state index < -0.39 is 0 Å². The van der Waals surface area contributed by atoms with Crippen molar-refractivity contribution in [2.75, 3.05) is 13.1 Å². The maximum Gasteiger partial charge on any atom is 0.163 e. The summed E-state index contributed by atoms with van der Waals surface area (Å²) >= 11 is 6.10. The van der Waals surface area contributed by atoms with Gasteiger partial charge in [-0.3, -0.25) is 0 Å². The third-order valence-corrected chi connectivity index (χ3v) is 4.84. The Morgan fingerprint density at radius 1 is 0.870 bits per heavy atom. The molecular formula is C19H20ClNO2. The van der Waals surface area contributed by atoms with Crippen molar-refractivity contribution in [2.45, 2.75) is 31.0 Å². The quantitative estimate of drug-likeness (QED) is 0.899. The van der Waals surface area contributed by atoms with Gasteiger partial charge in [0.15, 0.2) is 11.5 Å². The lowest BCUT2D eigenvalue weighted by Gasteiger charge is -2.36. The molecule has 0 atom stereocenters. The zero-order valence-electron chi connectivity index (χ0n) is 12.9. The highest BCUT2D eigenvalue weighted by molar-refractivity contribution is 6.30. The van der Waals surface area contributed by atoms with Crippen molar-refractivity contribution in [1.29, 1.82) is 0 Å². The first-order valence-corrected chi connectivity index (χ1v) is 8.54. The largest absolute Gasteiger partial charge is 0.486 e. The molecule has 0 bridgehead atoms. The van der Waals surface area contributed by atoms with Crippen LogP contribution in [0.25, 0.3) is 0 Å². The molecule has 3 nitrogen and oxygen atoms in total. The van der Waals surface area contributed by atoms with Gasteiger partial charge in [-0.25, -0.2) is 0 Å². The van der Waals surface area contributed by atoms with Gasteiger partial charge >= 0.3 is 0 Å². The molecule has 1 saturated heterocycles. The Morgan fingerprint density at radius 3 is 2.30 bits per heavy atom. The van der Waals surface area contributed by atoms with Crippen LogP contribution < -0.4 is 14.8 Å². The Bertz CT molecular complexity index is 666. The summed E-state index contributed by atoms with van der Waals surface area (Å²) in [6.45, 7) is 1.76. The van der Waals surface area contributed by atoms with Crippen molar-refractivity contribution in [3.63, 3.8) is 0 Å². The highest BCUT2D eigenvalue weighted by Crippen LogP contribution is 2.41. The summed E-state index contributed by atoms with van der Waals surface area (Å²) < 4.78 is 12.1. The van der Waals surface area contributed by atoms with Crippen LogP contribution in [-0.4, -0.2) is 25.3 Å². The average molecular weight is 330 g/mol. The second-order valence-electron chi connectivity index (χ2n) is 6.31. The molecule has 0 amide bonds. The van der Waals surface area contributed by atoms with Crippen molar-refractivity contribution in [3.8, 4) is 11.5 Å². The van der Waals surface area contributed by atoms with Gasteiger partial charge < -0.3 is 14.8 Å². The fourth-order valence-corrected chi connectivity index (χ4v) is 3.20. The number of ether oxygens (including phenoxy) is 2. The molecule has 0 radical (unpaired) electrons. The Hall–Kier alpha value is -1.71. The Morgan fingerprint density at radius 2 is 1.61 bits per heavy atom. The summed E-state index contributed by atoms with van der Waals surface area (Å²) in [5, 5.41) is 3.88. The Labute approximate surface area is 141 Å². The zero-order chi connectivity index (χ0) is 15.6. The van der Waals surface area contributed by atoms with E-state index in [1.807, 2.05) is 18.2 Å². The fraction of sp³-hybridized carbons (Fsp3) is 0.368. The standard InChI is InChI=1S/C19H20ClNO2/c20-15-6-7-18(19(10-15)23-17-11-21-12-17)22-16-8-14(9-16)13-4-2-1-3-5-13/h1-7,10,14,16-17,21H,8-9,11-12H2. The van der Waals surface area contributed by atoms with Crippen LogP contribution in [0, 0.1) is 0 Å². The molecule has 1 saturated carbocycles. The second kappa shape index (κ2) is 6.42. The number of nitrogens with one attached hydrogen (secondary N) is 1. The van der Waals surface area contributed by atoms with Crippen LogP contribution in [0.1, 0.15) is 24.3 Å². The van der Waals surface area contributed by atoms with Crippen molar-refractivity contribution in [3.05, 3.63) is 59.1 Å². The number of hydrogen-bond donors (Lipinski definition) is 1. The predicted molar refractivity (Wildman–Crippen MR) is 91.6 cm³/mol. The van der Waals surface area contributed by atoms with Gasteiger partial charge in [0.2, 0.25) is 0 Å². The monoisotopic (exact) mass is 329 g/mol. The molecule has 4 heteroatoms. The summed E-state index contributed by atoms with van der Waals surface area (Å²) in [4.78, 5) is 0. The SMILES string of the molecule is Clc1ccc(OC2CC(c3ccccc3)C2)c(OC2CNC2)c1. The molecule has 23 heavy (non-hydrogen) atoms. The van der Waals surface area contributed by atoms with Crippen LogP contribution >= 0.6 is 11.6 Å². The molecule has 0 aromatic heterocycles. The molecule has 1 aliphatic heterocycles. The maximum atomic E-state index is 6.15. The van der Waals surface area contributed by atoms with Crippen LogP contribution in [0.2, 0.25) is 5.02 Å². The number of rotatable bonds is 5. The van der Waals surface area contributed by atoms with Crippen molar-refractivity contribution in [1.82, 2.24) is 5.32 Å². The smallest absolute Gasteiger partial charge is 0.163 e. The van der Waals surface area contributed by atoms with E-state index in [1.54, 1.807) is 0 Å². The van der Waals surface area contributed by atoms with Crippen molar-refractivity contribution >= 4 is 11.6 Å². The average Bonchev–Trinajstić information content (AvgIpc) is 2.49. The van der Waals surface area contributed by atoms with E-state index >= 15 is 0 Å². The first-order chi connectivity index (χ1) is 11.3. The maximum absolute atomic E-state index is 6.15. The van der Waals surface area contributed by atoms with Gasteiger partial charge in [-0.15, -0.1) is 0 Å². The van der Waals surface area contributed by atoms with Crippen molar-refractivity contribution < 1.29 is 9.47 Å². The van der Waals surface area contributed by atoms with Gasteiger partial charge in [-0.2, -0.15) is 0 Å². The van der Waals surface area contributed by atoms with Gasteiger partial charge in [0.1, 0.15) is 12.2 Å². The van der Waals surface area contributed by atoms with Gasteiger partial charge in [0.25, 0.3) is 0 Å². The fourth-order valence-electron chi connectivity index (χ4n) is 3.04. The molecule has 4 rings (SSSR count). The summed E-state index contributed by atoms with van der Waals surface area (Å²) in [6.07, 6.45) is 2.58. The summed E-state index contributed by atoms with van der Waals surface area (Å²) in [6, 6.07) is 16.3. The minimum atomic E-state index is 0.217. The van der Waals surface area contributed by atoms with Crippen LogP contribution in [-0.2, 0) is 0 Å². The van der Waals surface area contributed by atoms with Crippen LogP contribution in [0.15, 0.2) is 48.5 Å². The molecule has 2 fully saturated rings. The second-order valence-corrected chi connectivity index (χ2v) is 6.74. The number of benzene rings is 2. The lowest BCUT2D eigenvalue weighted by Crippen LogP contribution is -2.50. The summed E-state index contributed by atoms with van der Waals surface area (Å²) in [5.41, 5.74) is 1.40. The first kappa shape index (κ1) is 14.9. The van der Waals surface area contributed by atoms with Gasteiger partial charge in [-0.05, 0) is 36.5 Å². The van der Waals surface area contributed by atoms with Crippen LogP contribution in [0.3, 0.4) is 0 Å². The van der Waals surface area contributed by atoms with E-state index in [1.165, 1.54) is 5.56 Å². The molecule has 2 aromatic rings. The van der Waals surface area contributed by atoms with Gasteiger partial charge in [-0.1, -0.05) is 41.9 Å². The number of hydrogen-bond acceptors (Lipinski definition) is 3. The van der Waals surface area contributed by atoms with E-state index in [4.69, 9.17) is 21.1 Å². The molecule has 2 aromatic carbocycles. The summed E-state index contributed by atoms with van der Waals surface area (Å²) in [7, 11) is 0. The molecular weight excluding hydrogens is 310 g/mol. The molecule has 0 unspecified atom stereocenters. The highest BCUT2D eigenvalue weighted by atomic mass is 35.5. The molecule has 120 valence electrons. The normalized spacial score (nSPS) is 23.7. The molecule has 1 heterocycles. The third-order valence-electron chi connectivity index (χ3n) is 4.60. The van der Waals surface area contributed by atoms with E-state index in [-0.39, 0.29) is 12.2 Å². The Kier molecular flexibility index (Phi) is 4.15. The minimum absolute atomic E-state index is 0.217. The van der Waals surface area contributed by atoms with E-state index in [0.29, 0.717) is 10.9 Å². The number of halogens is 1. The zero-order valence-corrected chi connectivity index (χ0v) is 13.6. The van der Waals surface area contributed by atoms with Crippen LogP contribution in [0.5, 0.6) is 11.5 Å². The topological polar surface area (TPSA) is 30.5 Å². The molecule has 1 N–H and O–H groups in total. The van der Waals surface area contributed by atoms with Gasteiger partial charge in [0, 0.05) is 24.2 Å². The highest BCUT2D eigenvalue weighted by Gasteiger charge is 2.32. The van der Waals surface area contributed by atoms with E-state index in [2.05, 4.69) is 35.6 Å². The van der Waals surface area contributed by atoms with Crippen LogP contribution in [0.4, 0.5) is 0 Å². The summed E-state index contributed by atoms with van der Waals surface area (Å²) in [5.74, 6) is 2.17. The Balaban J connectivity index is 1.39. The molecule has 2 aliphatic rings. The minimum Gasteiger partial charge on any atom is -0.486 e. The van der Waals surface area contributed by atoms with Crippen molar-refractivity contribution in [2.24, 2.45) is 0 Å².